The van der Waals surface area contributed by atoms with Crippen LogP contribution in [-0.2, 0) is 6.18 Å². The molecule has 0 fully saturated rings. The van der Waals surface area contributed by atoms with Gasteiger partial charge < -0.3 is 10.0 Å². The lowest BCUT2D eigenvalue weighted by Gasteiger charge is -2.12. The molecule has 1 heterocycles. The highest BCUT2D eigenvalue weighted by Crippen LogP contribution is 2.35. The van der Waals surface area contributed by atoms with Gasteiger partial charge in [-0.15, -0.1) is 0 Å². The van der Waals surface area contributed by atoms with Gasteiger partial charge in [-0.1, -0.05) is 29.8 Å². The zero-order chi connectivity index (χ0) is 14.9. The Morgan fingerprint density at radius 3 is 2.35 bits per heavy atom. The van der Waals surface area contributed by atoms with Crippen molar-refractivity contribution in [1.29, 1.82) is 0 Å². The van der Waals surface area contributed by atoms with Crippen molar-refractivity contribution >= 4 is 24.2 Å². The number of halogens is 4. The van der Waals surface area contributed by atoms with E-state index in [1.165, 1.54) is 18.2 Å². The minimum atomic E-state index is -4.55. The van der Waals surface area contributed by atoms with E-state index in [2.05, 4.69) is 9.97 Å². The molecule has 1 aromatic carbocycles. The first-order chi connectivity index (χ1) is 9.30. The van der Waals surface area contributed by atoms with Crippen molar-refractivity contribution in [2.24, 2.45) is 0 Å². The monoisotopic (exact) mass is 302 g/mol. The number of hydrogen-bond donors (Lipinski definition) is 2. The second kappa shape index (κ2) is 5.39. The highest BCUT2D eigenvalue weighted by molar-refractivity contribution is 6.62. The standard InChI is InChI=1S/C11H7BClF3N2O2/c13-9-8(12(19)20)5-17-10(18-9)6-3-1-2-4-7(6)11(14,15)16/h1-5,19-20H. The SMILES string of the molecule is OB(O)c1cnc(-c2ccccc2C(F)(F)F)nc1Cl. The van der Waals surface area contributed by atoms with E-state index in [0.717, 1.165) is 12.3 Å². The van der Waals surface area contributed by atoms with Crippen LogP contribution in [0, 0.1) is 0 Å². The molecule has 0 radical (unpaired) electrons. The lowest BCUT2D eigenvalue weighted by Crippen LogP contribution is -2.32. The summed E-state index contributed by atoms with van der Waals surface area (Å²) >= 11 is 5.69. The van der Waals surface area contributed by atoms with Gasteiger partial charge in [0.1, 0.15) is 5.15 Å². The fraction of sp³-hybridized carbons (Fsp3) is 0.0909. The van der Waals surface area contributed by atoms with Crippen molar-refractivity contribution in [3.63, 3.8) is 0 Å². The van der Waals surface area contributed by atoms with Crippen LogP contribution in [0.25, 0.3) is 11.4 Å². The minimum Gasteiger partial charge on any atom is -0.423 e. The summed E-state index contributed by atoms with van der Waals surface area (Å²) in [6.45, 7) is 0. The third-order valence-electron chi connectivity index (χ3n) is 2.52. The van der Waals surface area contributed by atoms with Gasteiger partial charge >= 0.3 is 13.3 Å². The van der Waals surface area contributed by atoms with Gasteiger partial charge in [0.05, 0.1) is 5.56 Å². The Balaban J connectivity index is 2.56. The third-order valence-corrected chi connectivity index (χ3v) is 2.82. The molecule has 2 aromatic rings. The van der Waals surface area contributed by atoms with Crippen LogP contribution in [0.15, 0.2) is 30.5 Å². The molecule has 0 atom stereocenters. The average Bonchev–Trinajstić information content (AvgIpc) is 2.37. The molecule has 0 bridgehead atoms. The van der Waals surface area contributed by atoms with Crippen LogP contribution in [0.5, 0.6) is 0 Å². The van der Waals surface area contributed by atoms with Crippen molar-refractivity contribution in [2.75, 3.05) is 0 Å². The van der Waals surface area contributed by atoms with Crippen LogP contribution in [0.4, 0.5) is 13.2 Å². The Kier molecular flexibility index (Phi) is 3.98. The zero-order valence-electron chi connectivity index (χ0n) is 9.76. The smallest absolute Gasteiger partial charge is 0.423 e. The highest BCUT2D eigenvalue weighted by atomic mass is 35.5. The maximum Gasteiger partial charge on any atom is 0.493 e. The van der Waals surface area contributed by atoms with Crippen molar-refractivity contribution in [2.45, 2.75) is 6.18 Å². The van der Waals surface area contributed by atoms with Gasteiger partial charge in [-0.05, 0) is 6.07 Å². The van der Waals surface area contributed by atoms with E-state index < -0.39 is 18.9 Å². The van der Waals surface area contributed by atoms with Crippen molar-refractivity contribution < 1.29 is 23.2 Å². The molecule has 0 aliphatic rings. The van der Waals surface area contributed by atoms with E-state index in [9.17, 15) is 13.2 Å². The first kappa shape index (κ1) is 14.8. The second-order valence-corrected chi connectivity index (χ2v) is 4.21. The van der Waals surface area contributed by atoms with Crippen LogP contribution >= 0.6 is 11.6 Å². The lowest BCUT2D eigenvalue weighted by molar-refractivity contribution is -0.137. The van der Waals surface area contributed by atoms with E-state index in [4.69, 9.17) is 21.6 Å². The molecule has 0 aliphatic carbocycles. The number of alkyl halides is 3. The highest BCUT2D eigenvalue weighted by Gasteiger charge is 2.34. The fourth-order valence-electron chi connectivity index (χ4n) is 1.60. The summed E-state index contributed by atoms with van der Waals surface area (Å²) in [5.41, 5.74) is -1.31. The maximum absolute atomic E-state index is 12.9. The van der Waals surface area contributed by atoms with E-state index >= 15 is 0 Å². The molecular formula is C11H7BClF3N2O2. The summed E-state index contributed by atoms with van der Waals surface area (Å²) in [6.07, 6.45) is -3.58. The van der Waals surface area contributed by atoms with E-state index in [-0.39, 0.29) is 22.0 Å². The number of aromatic nitrogens is 2. The Morgan fingerprint density at radius 1 is 1.15 bits per heavy atom. The summed E-state index contributed by atoms with van der Waals surface area (Å²) in [6, 6.07) is 4.78. The van der Waals surface area contributed by atoms with Crippen LogP contribution < -0.4 is 5.46 Å². The lowest BCUT2D eigenvalue weighted by atomic mass is 9.83. The first-order valence-corrected chi connectivity index (χ1v) is 5.73. The Hall–Kier alpha value is -1.64. The first-order valence-electron chi connectivity index (χ1n) is 5.36. The predicted octanol–water partition coefficient (Wildman–Crippen LogP) is 1.50. The summed E-state index contributed by atoms with van der Waals surface area (Å²) < 4.78 is 38.6. The molecule has 1 aromatic heterocycles. The Morgan fingerprint density at radius 2 is 1.80 bits per heavy atom. The van der Waals surface area contributed by atoms with Gasteiger partial charge in [-0.2, -0.15) is 13.2 Å². The van der Waals surface area contributed by atoms with E-state index in [0.29, 0.717) is 0 Å². The molecule has 2 rings (SSSR count). The normalized spacial score (nSPS) is 11.5. The number of rotatable bonds is 2. The van der Waals surface area contributed by atoms with Gasteiger partial charge in [0, 0.05) is 17.2 Å². The molecule has 9 heteroatoms. The average molecular weight is 302 g/mol. The van der Waals surface area contributed by atoms with Crippen LogP contribution in [0.2, 0.25) is 5.15 Å². The molecule has 0 aliphatic heterocycles. The Labute approximate surface area is 117 Å². The van der Waals surface area contributed by atoms with Gasteiger partial charge in [0.25, 0.3) is 0 Å². The number of nitrogens with zero attached hydrogens (tertiary/aromatic N) is 2. The molecule has 2 N–H and O–H groups in total. The van der Waals surface area contributed by atoms with Crippen LogP contribution in [0.1, 0.15) is 5.56 Å². The third kappa shape index (κ3) is 2.92. The predicted molar refractivity (Wildman–Crippen MR) is 67.3 cm³/mol. The molecule has 0 amide bonds. The molecule has 20 heavy (non-hydrogen) atoms. The van der Waals surface area contributed by atoms with Gasteiger partial charge in [-0.25, -0.2) is 9.97 Å². The zero-order valence-corrected chi connectivity index (χ0v) is 10.5. The second-order valence-electron chi connectivity index (χ2n) is 3.86. The quantitative estimate of drug-likeness (QED) is 0.652. The molecule has 4 nitrogen and oxygen atoms in total. The molecule has 0 saturated carbocycles. The number of hydrogen-bond acceptors (Lipinski definition) is 4. The van der Waals surface area contributed by atoms with Gasteiger partial charge in [0.2, 0.25) is 0 Å². The fourth-order valence-corrected chi connectivity index (χ4v) is 1.83. The van der Waals surface area contributed by atoms with Crippen molar-refractivity contribution in [3.05, 3.63) is 41.2 Å². The largest absolute Gasteiger partial charge is 0.493 e. The summed E-state index contributed by atoms with van der Waals surface area (Å²) in [7, 11) is -1.89. The van der Waals surface area contributed by atoms with Gasteiger partial charge in [0.15, 0.2) is 5.82 Å². The summed E-state index contributed by atoms with van der Waals surface area (Å²) in [5, 5.41) is 17.6. The minimum absolute atomic E-state index is 0.181. The number of benzene rings is 1. The topological polar surface area (TPSA) is 66.2 Å². The summed E-state index contributed by atoms with van der Waals surface area (Å²) in [4.78, 5) is 7.36. The van der Waals surface area contributed by atoms with Crippen LogP contribution in [-0.4, -0.2) is 27.1 Å². The molecule has 104 valence electrons. The molecular weight excluding hydrogens is 295 g/mol. The van der Waals surface area contributed by atoms with E-state index in [1.807, 2.05) is 0 Å². The van der Waals surface area contributed by atoms with Crippen molar-refractivity contribution in [1.82, 2.24) is 9.97 Å². The maximum atomic E-state index is 12.9. The Bertz CT molecular complexity index is 637. The molecule has 0 saturated heterocycles. The molecule has 0 spiro atoms. The van der Waals surface area contributed by atoms with Crippen LogP contribution in [0.3, 0.4) is 0 Å². The van der Waals surface area contributed by atoms with E-state index in [1.54, 1.807) is 0 Å². The molecule has 0 unspecified atom stereocenters. The van der Waals surface area contributed by atoms with Gasteiger partial charge in [-0.3, -0.25) is 0 Å². The van der Waals surface area contributed by atoms with Crippen molar-refractivity contribution in [3.8, 4) is 11.4 Å². The summed E-state index contributed by atoms with van der Waals surface area (Å²) in [5.74, 6) is -0.243.